The van der Waals surface area contributed by atoms with Crippen LogP contribution in [0, 0.1) is 6.92 Å². The molecule has 0 amide bonds. The second kappa shape index (κ2) is 4.99. The Balaban J connectivity index is 3.70. The fourth-order valence-corrected chi connectivity index (χ4v) is 1.74. The molecule has 1 N–H and O–H groups in total. The van der Waals surface area contributed by atoms with Crippen LogP contribution in [-0.2, 0) is 6.18 Å². The predicted molar refractivity (Wildman–Crippen MR) is 52.7 cm³/mol. The Labute approximate surface area is 112 Å². The smallest absolute Gasteiger partial charge is 0.416 e. The summed E-state index contributed by atoms with van der Waals surface area (Å²) >= 11 is 0. The summed E-state index contributed by atoms with van der Waals surface area (Å²) in [5.74, 6) is -5.43. The molecule has 0 unspecified atom stereocenters. The van der Waals surface area contributed by atoms with E-state index in [1.165, 1.54) is 0 Å². The van der Waals surface area contributed by atoms with Crippen molar-refractivity contribution >= 4 is 0 Å². The van der Waals surface area contributed by atoms with Crippen LogP contribution in [0.3, 0.4) is 0 Å². The number of hydrogen-bond acceptors (Lipinski definition) is 1. The fraction of sp³-hybridized carbons (Fsp3) is 0.455. The first kappa shape index (κ1) is 17.4. The summed E-state index contributed by atoms with van der Waals surface area (Å²) in [7, 11) is 0. The van der Waals surface area contributed by atoms with Gasteiger partial charge in [0.05, 0.1) is 5.56 Å². The molecule has 0 fully saturated rings. The number of aryl methyl sites for hydroxylation is 1. The minimum Gasteiger partial charge on any atom is -0.508 e. The van der Waals surface area contributed by atoms with Crippen molar-refractivity contribution in [2.75, 3.05) is 0 Å². The van der Waals surface area contributed by atoms with Crippen LogP contribution in [0.25, 0.3) is 0 Å². The molecule has 0 aliphatic heterocycles. The van der Waals surface area contributed by atoms with E-state index < -0.39 is 46.9 Å². The lowest BCUT2D eigenvalue weighted by Crippen LogP contribution is -2.35. The van der Waals surface area contributed by atoms with Gasteiger partial charge in [0.15, 0.2) is 5.92 Å². The highest BCUT2D eigenvalue weighted by Crippen LogP contribution is 2.50. The number of halogens is 9. The summed E-state index contributed by atoms with van der Waals surface area (Å²) in [5.41, 5.74) is -4.66. The van der Waals surface area contributed by atoms with E-state index in [1.807, 2.05) is 0 Å². The molecule has 0 saturated carbocycles. The molecule has 0 saturated heterocycles. The van der Waals surface area contributed by atoms with E-state index in [1.54, 1.807) is 0 Å². The van der Waals surface area contributed by atoms with Crippen LogP contribution in [0.5, 0.6) is 5.75 Å². The minimum atomic E-state index is -5.99. The quantitative estimate of drug-likeness (QED) is 0.726. The van der Waals surface area contributed by atoms with E-state index >= 15 is 0 Å². The molecule has 1 aromatic rings. The van der Waals surface area contributed by atoms with Crippen molar-refractivity contribution < 1.29 is 44.6 Å². The van der Waals surface area contributed by atoms with E-state index in [0.717, 1.165) is 6.92 Å². The number of phenolic OH excluding ortho intramolecular Hbond substituents is 1. The molecule has 1 nitrogen and oxygen atoms in total. The summed E-state index contributed by atoms with van der Waals surface area (Å²) in [6.45, 7) is 0.921. The van der Waals surface area contributed by atoms with Gasteiger partial charge in [-0.3, -0.25) is 0 Å². The maximum atomic E-state index is 12.7. The van der Waals surface area contributed by atoms with Gasteiger partial charge in [0.2, 0.25) is 0 Å². The van der Waals surface area contributed by atoms with Crippen LogP contribution in [0.2, 0.25) is 0 Å². The molecule has 1 rings (SSSR count). The summed E-state index contributed by atoms with van der Waals surface area (Å²) < 4.78 is 113. The van der Waals surface area contributed by atoms with Gasteiger partial charge in [0, 0.05) is 0 Å². The number of aromatic hydroxyl groups is 1. The first-order valence-electron chi connectivity index (χ1n) is 5.20. The van der Waals surface area contributed by atoms with E-state index in [-0.39, 0.29) is 12.1 Å². The second-order valence-corrected chi connectivity index (χ2v) is 4.24. The summed E-state index contributed by atoms with van der Waals surface area (Å²) in [5, 5.41) is 9.17. The van der Waals surface area contributed by atoms with Crippen molar-refractivity contribution in [3.63, 3.8) is 0 Å². The molecule has 0 aliphatic carbocycles. The Hall–Kier alpha value is -1.61. The molecule has 1 aromatic carbocycles. The molecule has 0 aromatic heterocycles. The zero-order chi connectivity index (χ0) is 16.8. The third kappa shape index (κ3) is 3.73. The van der Waals surface area contributed by atoms with Crippen LogP contribution < -0.4 is 0 Å². The molecule has 0 radical (unpaired) electrons. The molecule has 21 heavy (non-hydrogen) atoms. The van der Waals surface area contributed by atoms with Crippen LogP contribution >= 0.6 is 0 Å². The van der Waals surface area contributed by atoms with Crippen molar-refractivity contribution in [3.8, 4) is 5.75 Å². The zero-order valence-corrected chi connectivity index (χ0v) is 10.1. The van der Waals surface area contributed by atoms with E-state index in [9.17, 15) is 39.5 Å². The zero-order valence-electron chi connectivity index (χ0n) is 10.1. The number of rotatable bonds is 1. The maximum Gasteiger partial charge on any atom is 0.416 e. The largest absolute Gasteiger partial charge is 0.508 e. The summed E-state index contributed by atoms with van der Waals surface area (Å²) in [4.78, 5) is 0. The predicted octanol–water partition coefficient (Wildman–Crippen LogP) is 4.93. The van der Waals surface area contributed by atoms with Crippen molar-refractivity contribution in [2.45, 2.75) is 31.4 Å². The van der Waals surface area contributed by atoms with Crippen LogP contribution in [0.1, 0.15) is 22.6 Å². The molecule has 120 valence electrons. The molecular formula is C11H7F9O. The Morgan fingerprint density at radius 3 is 1.62 bits per heavy atom. The Bertz CT molecular complexity index is 510. The van der Waals surface area contributed by atoms with Crippen molar-refractivity contribution in [2.24, 2.45) is 0 Å². The van der Waals surface area contributed by atoms with E-state index in [2.05, 4.69) is 0 Å². The number of phenols is 1. The fourth-order valence-electron chi connectivity index (χ4n) is 1.74. The third-order valence-electron chi connectivity index (χ3n) is 2.64. The van der Waals surface area contributed by atoms with Crippen LogP contribution in [0.4, 0.5) is 39.5 Å². The van der Waals surface area contributed by atoms with Gasteiger partial charge in [-0.25, -0.2) is 0 Å². The van der Waals surface area contributed by atoms with Crippen LogP contribution in [-0.4, -0.2) is 17.5 Å². The molecule has 0 bridgehead atoms. The summed E-state index contributed by atoms with van der Waals surface area (Å²) in [6, 6.07) is -0.0983. The van der Waals surface area contributed by atoms with Gasteiger partial charge in [0.1, 0.15) is 5.75 Å². The van der Waals surface area contributed by atoms with Gasteiger partial charge in [-0.15, -0.1) is 0 Å². The Morgan fingerprint density at radius 2 is 1.29 bits per heavy atom. The SMILES string of the molecule is Cc1cc(C(F)(F)F)c(C(C(F)(F)F)C(F)(F)F)cc1O. The third-order valence-corrected chi connectivity index (χ3v) is 2.64. The normalized spacial score (nSPS) is 13.9. The number of benzene rings is 1. The van der Waals surface area contributed by atoms with E-state index in [4.69, 9.17) is 5.11 Å². The topological polar surface area (TPSA) is 20.2 Å². The van der Waals surface area contributed by atoms with Gasteiger partial charge in [-0.1, -0.05) is 0 Å². The summed E-state index contributed by atoms with van der Waals surface area (Å²) in [6.07, 6.45) is -17.4. The van der Waals surface area contributed by atoms with Gasteiger partial charge in [-0.2, -0.15) is 39.5 Å². The average molecular weight is 326 g/mol. The first-order chi connectivity index (χ1) is 9.15. The monoisotopic (exact) mass is 326 g/mol. The maximum absolute atomic E-state index is 12.7. The van der Waals surface area contributed by atoms with Crippen molar-refractivity contribution in [3.05, 3.63) is 28.8 Å². The standard InChI is InChI=1S/C11H7F9O/c1-4-2-6(9(12,13)14)5(3-7(4)21)8(10(15,16)17)11(18,19)20/h2-3,8,21H,1H3. The molecule has 10 heteroatoms. The number of alkyl halides is 9. The van der Waals surface area contributed by atoms with Gasteiger partial charge >= 0.3 is 18.5 Å². The molecule has 0 heterocycles. The van der Waals surface area contributed by atoms with Crippen molar-refractivity contribution in [1.82, 2.24) is 0 Å². The lowest BCUT2D eigenvalue weighted by molar-refractivity contribution is -0.254. The van der Waals surface area contributed by atoms with E-state index in [0.29, 0.717) is 0 Å². The first-order valence-corrected chi connectivity index (χ1v) is 5.20. The highest BCUT2D eigenvalue weighted by Gasteiger charge is 2.59. The Kier molecular flexibility index (Phi) is 4.14. The second-order valence-electron chi connectivity index (χ2n) is 4.24. The lowest BCUT2D eigenvalue weighted by Gasteiger charge is -2.26. The highest BCUT2D eigenvalue weighted by atomic mass is 19.4. The minimum absolute atomic E-state index is 0.0507. The van der Waals surface area contributed by atoms with Gasteiger partial charge in [-0.05, 0) is 30.2 Å². The average Bonchev–Trinajstić information content (AvgIpc) is 2.16. The van der Waals surface area contributed by atoms with Gasteiger partial charge in [0.25, 0.3) is 0 Å². The molecule has 0 atom stereocenters. The van der Waals surface area contributed by atoms with Gasteiger partial charge < -0.3 is 5.11 Å². The van der Waals surface area contributed by atoms with Crippen LogP contribution in [0.15, 0.2) is 12.1 Å². The number of hydrogen-bond donors (Lipinski definition) is 1. The molecular weight excluding hydrogens is 319 g/mol. The highest BCUT2D eigenvalue weighted by molar-refractivity contribution is 5.45. The Morgan fingerprint density at radius 1 is 0.857 bits per heavy atom. The molecule has 0 aliphatic rings. The van der Waals surface area contributed by atoms with Crippen molar-refractivity contribution in [1.29, 1.82) is 0 Å². The lowest BCUT2D eigenvalue weighted by atomic mass is 9.91. The molecule has 0 spiro atoms.